The molecule has 0 unspecified atom stereocenters. The Hall–Kier alpha value is -2.08. The monoisotopic (exact) mass is 266 g/mol. The van der Waals surface area contributed by atoms with E-state index in [4.69, 9.17) is 20.0 Å². The lowest BCUT2D eigenvalue weighted by atomic mass is 10.2. The Kier molecular flexibility index (Phi) is 11.0. The first-order valence-electron chi connectivity index (χ1n) is 6.26. The minimum absolute atomic E-state index is 0.167. The zero-order valence-corrected chi connectivity index (χ0v) is 10.9. The second-order valence-electron chi connectivity index (χ2n) is 3.82. The highest BCUT2D eigenvalue weighted by Gasteiger charge is 2.07. The first kappa shape index (κ1) is 16.9. The van der Waals surface area contributed by atoms with Crippen LogP contribution in [-0.4, -0.2) is 25.2 Å². The maximum atomic E-state index is 11.2. The lowest BCUT2D eigenvalue weighted by molar-refractivity contribution is -0.145. The maximum Gasteiger partial charge on any atom is 0.305 e. The van der Waals surface area contributed by atoms with Crippen molar-refractivity contribution in [2.45, 2.75) is 44.9 Å². The number of esters is 2. The van der Waals surface area contributed by atoms with Gasteiger partial charge >= 0.3 is 11.9 Å². The first-order chi connectivity index (χ1) is 9.20. The van der Waals surface area contributed by atoms with Gasteiger partial charge in [0.2, 0.25) is 0 Å². The first-order valence-corrected chi connectivity index (χ1v) is 6.26. The molecular weight excluding hydrogens is 248 g/mol. The number of nitriles is 2. The Labute approximate surface area is 112 Å². The molecule has 0 saturated heterocycles. The van der Waals surface area contributed by atoms with Gasteiger partial charge in [-0.2, -0.15) is 10.5 Å². The Morgan fingerprint density at radius 3 is 1.58 bits per heavy atom. The van der Waals surface area contributed by atoms with Gasteiger partial charge in [-0.1, -0.05) is 0 Å². The molecule has 0 aromatic carbocycles. The van der Waals surface area contributed by atoms with Crippen molar-refractivity contribution in [3.63, 3.8) is 0 Å². The average molecular weight is 266 g/mol. The number of rotatable bonds is 10. The largest absolute Gasteiger partial charge is 0.466 e. The topological polar surface area (TPSA) is 100 Å². The van der Waals surface area contributed by atoms with Crippen LogP contribution >= 0.6 is 0 Å². The van der Waals surface area contributed by atoms with Gasteiger partial charge in [-0.15, -0.1) is 0 Å². The van der Waals surface area contributed by atoms with E-state index in [1.807, 2.05) is 12.1 Å². The Morgan fingerprint density at radius 1 is 0.789 bits per heavy atom. The number of nitrogens with zero attached hydrogens (tertiary/aromatic N) is 2. The lowest BCUT2D eigenvalue weighted by Gasteiger charge is -2.04. The van der Waals surface area contributed by atoms with Crippen LogP contribution in [0.3, 0.4) is 0 Å². The molecule has 0 N–H and O–H groups in total. The number of carbonyl (C=O) groups is 2. The number of hydrogen-bond donors (Lipinski definition) is 0. The minimum atomic E-state index is -0.366. The average Bonchev–Trinajstić information content (AvgIpc) is 2.40. The molecule has 0 radical (unpaired) electrons. The summed E-state index contributed by atoms with van der Waals surface area (Å²) in [5, 5.41) is 16.6. The summed E-state index contributed by atoms with van der Waals surface area (Å²) in [6, 6.07) is 3.91. The number of hydrogen-bond acceptors (Lipinski definition) is 6. The fourth-order valence-corrected chi connectivity index (χ4v) is 1.20. The summed E-state index contributed by atoms with van der Waals surface area (Å²) >= 11 is 0. The predicted octanol–water partition coefficient (Wildman–Crippen LogP) is 1.85. The fraction of sp³-hybridized carbons (Fsp3) is 0.692. The summed E-state index contributed by atoms with van der Waals surface area (Å²) in [4.78, 5) is 22.4. The van der Waals surface area contributed by atoms with Gasteiger partial charge in [0.25, 0.3) is 0 Å². The van der Waals surface area contributed by atoms with Crippen LogP contribution in [0.15, 0.2) is 0 Å². The fourth-order valence-electron chi connectivity index (χ4n) is 1.20. The summed E-state index contributed by atoms with van der Waals surface area (Å²) < 4.78 is 9.72. The summed E-state index contributed by atoms with van der Waals surface area (Å²) in [6.45, 7) is 0.482. The number of carbonyl (C=O) groups excluding carboxylic acids is 2. The molecule has 104 valence electrons. The third-order valence-electron chi connectivity index (χ3n) is 2.15. The molecule has 0 aliphatic rings. The molecule has 6 heteroatoms. The van der Waals surface area contributed by atoms with E-state index in [1.165, 1.54) is 0 Å². The Bertz CT molecular complexity index is 321. The molecule has 0 bridgehead atoms. The lowest BCUT2D eigenvalue weighted by Crippen LogP contribution is -2.09. The minimum Gasteiger partial charge on any atom is -0.466 e. The van der Waals surface area contributed by atoms with E-state index in [0.717, 1.165) is 0 Å². The van der Waals surface area contributed by atoms with Crippen LogP contribution in [0.4, 0.5) is 0 Å². The Morgan fingerprint density at radius 2 is 1.21 bits per heavy atom. The van der Waals surface area contributed by atoms with Gasteiger partial charge < -0.3 is 9.47 Å². The van der Waals surface area contributed by atoms with E-state index in [9.17, 15) is 9.59 Å². The van der Waals surface area contributed by atoms with Crippen LogP contribution in [0.1, 0.15) is 44.9 Å². The van der Waals surface area contributed by atoms with Crippen LogP contribution in [0.25, 0.3) is 0 Å². The van der Waals surface area contributed by atoms with Crippen molar-refractivity contribution >= 4 is 11.9 Å². The number of ether oxygens (including phenoxy) is 2. The SMILES string of the molecule is N#CCCCOC(=O)CCCC(=O)OCCCC#N. The van der Waals surface area contributed by atoms with E-state index in [2.05, 4.69) is 0 Å². The molecule has 19 heavy (non-hydrogen) atoms. The van der Waals surface area contributed by atoms with Crippen LogP contribution in [0, 0.1) is 22.7 Å². The smallest absolute Gasteiger partial charge is 0.305 e. The summed E-state index contributed by atoms with van der Waals surface area (Å²) in [7, 11) is 0. The van der Waals surface area contributed by atoms with E-state index in [1.54, 1.807) is 0 Å². The quantitative estimate of drug-likeness (QED) is 0.442. The van der Waals surface area contributed by atoms with Crippen molar-refractivity contribution in [1.82, 2.24) is 0 Å². The molecule has 0 aromatic rings. The van der Waals surface area contributed by atoms with E-state index < -0.39 is 0 Å². The van der Waals surface area contributed by atoms with Gasteiger partial charge in [0.1, 0.15) is 0 Å². The summed E-state index contributed by atoms with van der Waals surface area (Å²) in [6.07, 6.45) is 2.50. The van der Waals surface area contributed by atoms with Crippen molar-refractivity contribution in [2.75, 3.05) is 13.2 Å². The molecule has 0 aliphatic carbocycles. The predicted molar refractivity (Wildman–Crippen MR) is 65.5 cm³/mol. The van der Waals surface area contributed by atoms with Gasteiger partial charge in [0.05, 0.1) is 25.4 Å². The normalized spacial score (nSPS) is 9.16. The van der Waals surface area contributed by atoms with Crippen LogP contribution in [0.5, 0.6) is 0 Å². The molecule has 0 rings (SSSR count). The molecule has 0 atom stereocenters. The van der Waals surface area contributed by atoms with E-state index in [-0.39, 0.29) is 38.0 Å². The third kappa shape index (κ3) is 12.2. The molecule has 6 nitrogen and oxygen atoms in total. The van der Waals surface area contributed by atoms with Crippen molar-refractivity contribution in [2.24, 2.45) is 0 Å². The van der Waals surface area contributed by atoms with Gasteiger partial charge in [0.15, 0.2) is 0 Å². The standard InChI is InChI=1S/C13H18N2O4/c14-8-1-3-10-18-12(16)6-5-7-13(17)19-11-4-2-9-15/h1-7,10-11H2. The zero-order chi connectivity index (χ0) is 14.3. The van der Waals surface area contributed by atoms with Crippen molar-refractivity contribution in [3.05, 3.63) is 0 Å². The highest BCUT2D eigenvalue weighted by atomic mass is 16.5. The van der Waals surface area contributed by atoms with Crippen molar-refractivity contribution in [3.8, 4) is 12.1 Å². The van der Waals surface area contributed by atoms with Crippen molar-refractivity contribution < 1.29 is 19.1 Å². The zero-order valence-electron chi connectivity index (χ0n) is 10.9. The number of unbranched alkanes of at least 4 members (excludes halogenated alkanes) is 2. The maximum absolute atomic E-state index is 11.2. The van der Waals surface area contributed by atoms with E-state index >= 15 is 0 Å². The molecule has 0 aromatic heterocycles. The van der Waals surface area contributed by atoms with Crippen LogP contribution < -0.4 is 0 Å². The van der Waals surface area contributed by atoms with Crippen molar-refractivity contribution in [1.29, 1.82) is 10.5 Å². The second kappa shape index (κ2) is 12.4. The Balaban J connectivity index is 3.41. The molecule has 0 aliphatic heterocycles. The summed E-state index contributed by atoms with van der Waals surface area (Å²) in [5.41, 5.74) is 0. The highest BCUT2D eigenvalue weighted by molar-refractivity contribution is 5.72. The van der Waals surface area contributed by atoms with Gasteiger partial charge in [-0.05, 0) is 19.3 Å². The molecule has 0 spiro atoms. The van der Waals surface area contributed by atoms with Gasteiger partial charge in [-0.25, -0.2) is 0 Å². The molecular formula is C13H18N2O4. The molecule has 0 heterocycles. The third-order valence-corrected chi connectivity index (χ3v) is 2.15. The van der Waals surface area contributed by atoms with E-state index in [0.29, 0.717) is 32.1 Å². The van der Waals surface area contributed by atoms with Gasteiger partial charge in [0, 0.05) is 25.7 Å². The van der Waals surface area contributed by atoms with Crippen LogP contribution in [-0.2, 0) is 19.1 Å². The van der Waals surface area contributed by atoms with Gasteiger partial charge in [-0.3, -0.25) is 9.59 Å². The second-order valence-corrected chi connectivity index (χ2v) is 3.82. The summed E-state index contributed by atoms with van der Waals surface area (Å²) in [5.74, 6) is -0.731. The molecule has 0 saturated carbocycles. The highest BCUT2D eigenvalue weighted by Crippen LogP contribution is 2.01. The molecule has 0 fully saturated rings. The molecule has 0 amide bonds. The van der Waals surface area contributed by atoms with Crippen LogP contribution in [0.2, 0.25) is 0 Å².